The Kier molecular flexibility index (Phi) is 5.17. The van der Waals surface area contributed by atoms with Crippen molar-refractivity contribution in [2.24, 2.45) is 0 Å². The number of aromatic nitrogens is 2. The Morgan fingerprint density at radius 3 is 2.70 bits per heavy atom. The van der Waals surface area contributed by atoms with E-state index in [1.54, 1.807) is 6.07 Å². The van der Waals surface area contributed by atoms with Crippen LogP contribution >= 0.6 is 23.2 Å². The Bertz CT molecular complexity index is 606. The summed E-state index contributed by atoms with van der Waals surface area (Å²) < 4.78 is 10.9. The van der Waals surface area contributed by atoms with E-state index in [-0.39, 0.29) is 6.61 Å². The lowest BCUT2D eigenvalue weighted by molar-refractivity contribution is 0.128. The van der Waals surface area contributed by atoms with Crippen molar-refractivity contribution in [2.75, 3.05) is 6.61 Å². The minimum Gasteiger partial charge on any atom is -0.437 e. The van der Waals surface area contributed by atoms with Crippen molar-refractivity contribution in [1.82, 2.24) is 9.97 Å². The summed E-state index contributed by atoms with van der Waals surface area (Å²) in [5.74, 6) is 1.34. The first-order chi connectivity index (χ1) is 9.58. The summed E-state index contributed by atoms with van der Waals surface area (Å²) in [6.45, 7) is 4.72. The molecule has 0 saturated heterocycles. The molecular weight excluding hydrogens is 299 g/mol. The molecule has 0 aliphatic heterocycles. The first-order valence-electron chi connectivity index (χ1n) is 6.13. The molecule has 0 bridgehead atoms. The molecule has 6 heteroatoms. The van der Waals surface area contributed by atoms with Gasteiger partial charge in [-0.3, -0.25) is 0 Å². The summed E-state index contributed by atoms with van der Waals surface area (Å²) in [5, 5.41) is 0.810. The van der Waals surface area contributed by atoms with Gasteiger partial charge in [0, 0.05) is 12.7 Å². The van der Waals surface area contributed by atoms with Crippen LogP contribution in [0.15, 0.2) is 24.3 Å². The summed E-state index contributed by atoms with van der Waals surface area (Å²) in [4.78, 5) is 8.31. The number of halogens is 2. The lowest BCUT2D eigenvalue weighted by Crippen LogP contribution is -2.01. The molecule has 1 heterocycles. The monoisotopic (exact) mass is 312 g/mol. The maximum Gasteiger partial charge on any atom is 0.224 e. The topological polar surface area (TPSA) is 44.2 Å². The molecule has 1 aromatic carbocycles. The van der Waals surface area contributed by atoms with Gasteiger partial charge in [-0.25, -0.2) is 4.98 Å². The molecule has 0 fully saturated rings. The zero-order valence-corrected chi connectivity index (χ0v) is 12.7. The Balaban J connectivity index is 2.24. The average Bonchev–Trinajstić information content (AvgIpc) is 2.40. The predicted octanol–water partition coefficient (Wildman–Crippen LogP) is 4.42. The molecule has 1 aromatic heterocycles. The molecule has 0 amide bonds. The van der Waals surface area contributed by atoms with Crippen molar-refractivity contribution in [3.8, 4) is 11.6 Å². The van der Waals surface area contributed by atoms with E-state index in [4.69, 9.17) is 32.7 Å². The van der Waals surface area contributed by atoms with E-state index >= 15 is 0 Å². The van der Waals surface area contributed by atoms with E-state index in [9.17, 15) is 0 Å². The van der Waals surface area contributed by atoms with E-state index in [0.29, 0.717) is 34.2 Å². The van der Waals surface area contributed by atoms with Crippen molar-refractivity contribution >= 4 is 23.2 Å². The Labute approximate surface area is 127 Å². The second kappa shape index (κ2) is 6.88. The van der Waals surface area contributed by atoms with Gasteiger partial charge in [0.05, 0.1) is 5.02 Å². The van der Waals surface area contributed by atoms with Crippen LogP contribution in [0.1, 0.15) is 18.3 Å². The highest BCUT2D eigenvalue weighted by Gasteiger charge is 2.08. The van der Waals surface area contributed by atoms with Gasteiger partial charge in [-0.15, -0.1) is 0 Å². The molecule has 0 aliphatic carbocycles. The zero-order chi connectivity index (χ0) is 14.5. The fourth-order valence-corrected chi connectivity index (χ4v) is 1.90. The lowest BCUT2D eigenvalue weighted by atomic mass is 10.2. The summed E-state index contributed by atoms with van der Waals surface area (Å²) in [6, 6.07) is 7.05. The highest BCUT2D eigenvalue weighted by atomic mass is 35.5. The van der Waals surface area contributed by atoms with Crippen molar-refractivity contribution in [3.63, 3.8) is 0 Å². The molecule has 0 aliphatic rings. The molecule has 2 aromatic rings. The van der Waals surface area contributed by atoms with Crippen LogP contribution < -0.4 is 4.74 Å². The van der Waals surface area contributed by atoms with Crippen LogP contribution in [0.5, 0.6) is 11.6 Å². The van der Waals surface area contributed by atoms with Gasteiger partial charge >= 0.3 is 0 Å². The predicted molar refractivity (Wildman–Crippen MR) is 78.6 cm³/mol. The van der Waals surface area contributed by atoms with Crippen LogP contribution in [0, 0.1) is 6.92 Å². The molecule has 106 valence electrons. The Hall–Kier alpha value is -1.36. The molecule has 20 heavy (non-hydrogen) atoms. The average molecular weight is 313 g/mol. The summed E-state index contributed by atoms with van der Waals surface area (Å²) in [7, 11) is 0. The van der Waals surface area contributed by atoms with E-state index in [1.165, 1.54) is 6.07 Å². The Morgan fingerprint density at radius 2 is 1.95 bits per heavy atom. The van der Waals surface area contributed by atoms with Gasteiger partial charge < -0.3 is 9.47 Å². The van der Waals surface area contributed by atoms with E-state index in [0.717, 1.165) is 5.56 Å². The molecule has 4 nitrogen and oxygen atoms in total. The normalized spacial score (nSPS) is 10.6. The second-order valence-electron chi connectivity index (χ2n) is 4.12. The third kappa shape index (κ3) is 4.07. The van der Waals surface area contributed by atoms with Crippen LogP contribution in [-0.4, -0.2) is 16.6 Å². The highest BCUT2D eigenvalue weighted by molar-refractivity contribution is 6.32. The third-order valence-corrected chi connectivity index (χ3v) is 2.96. The second-order valence-corrected chi connectivity index (χ2v) is 4.91. The molecule has 2 rings (SSSR count). The Morgan fingerprint density at radius 1 is 1.15 bits per heavy atom. The molecule has 0 N–H and O–H groups in total. The van der Waals surface area contributed by atoms with Gasteiger partial charge in [0.2, 0.25) is 5.88 Å². The van der Waals surface area contributed by atoms with Crippen molar-refractivity contribution in [2.45, 2.75) is 20.5 Å². The van der Waals surface area contributed by atoms with Gasteiger partial charge in [-0.2, -0.15) is 4.98 Å². The molecular formula is C14H14Cl2N2O2. The number of rotatable bonds is 5. The van der Waals surface area contributed by atoms with Gasteiger partial charge in [-0.1, -0.05) is 29.3 Å². The number of hydrogen-bond donors (Lipinski definition) is 0. The number of ether oxygens (including phenoxy) is 2. The van der Waals surface area contributed by atoms with E-state index in [1.807, 2.05) is 26.0 Å². The third-order valence-electron chi connectivity index (χ3n) is 2.45. The van der Waals surface area contributed by atoms with Crippen LogP contribution in [0.3, 0.4) is 0 Å². The summed E-state index contributed by atoms with van der Waals surface area (Å²) in [6.07, 6.45) is 0. The van der Waals surface area contributed by atoms with Crippen molar-refractivity contribution in [3.05, 3.63) is 45.8 Å². The fourth-order valence-electron chi connectivity index (χ4n) is 1.55. The fraction of sp³-hybridized carbons (Fsp3) is 0.286. The first kappa shape index (κ1) is 15.0. The number of benzene rings is 1. The standard InChI is InChI=1S/C14H14Cl2N2O2/c1-3-19-8-13-17-12(16)7-14(18-13)20-11-6-9(2)4-5-10(11)15/h4-7H,3,8H2,1-2H3. The summed E-state index contributed by atoms with van der Waals surface area (Å²) in [5.41, 5.74) is 1.04. The van der Waals surface area contributed by atoms with Crippen LogP contribution in [-0.2, 0) is 11.3 Å². The smallest absolute Gasteiger partial charge is 0.224 e. The maximum atomic E-state index is 6.08. The minimum absolute atomic E-state index is 0.287. The lowest BCUT2D eigenvalue weighted by Gasteiger charge is -2.09. The quantitative estimate of drug-likeness (QED) is 0.766. The number of aryl methyl sites for hydroxylation is 1. The van der Waals surface area contributed by atoms with Gasteiger partial charge in [0.1, 0.15) is 17.5 Å². The minimum atomic E-state index is 0.287. The molecule has 0 radical (unpaired) electrons. The van der Waals surface area contributed by atoms with Crippen LogP contribution in [0.4, 0.5) is 0 Å². The van der Waals surface area contributed by atoms with Crippen molar-refractivity contribution in [1.29, 1.82) is 0 Å². The summed E-state index contributed by atoms with van der Waals surface area (Å²) >= 11 is 12.0. The molecule has 0 spiro atoms. The van der Waals surface area contributed by atoms with E-state index < -0.39 is 0 Å². The van der Waals surface area contributed by atoms with Crippen LogP contribution in [0.2, 0.25) is 10.2 Å². The zero-order valence-electron chi connectivity index (χ0n) is 11.2. The molecule has 0 saturated carbocycles. The molecule has 0 atom stereocenters. The number of hydrogen-bond acceptors (Lipinski definition) is 4. The maximum absolute atomic E-state index is 6.08. The van der Waals surface area contributed by atoms with Crippen molar-refractivity contribution < 1.29 is 9.47 Å². The SMILES string of the molecule is CCOCc1nc(Cl)cc(Oc2cc(C)ccc2Cl)n1. The van der Waals surface area contributed by atoms with Gasteiger partial charge in [0.25, 0.3) is 0 Å². The van der Waals surface area contributed by atoms with Crippen LogP contribution in [0.25, 0.3) is 0 Å². The first-order valence-corrected chi connectivity index (χ1v) is 6.89. The number of nitrogens with zero attached hydrogens (tertiary/aromatic N) is 2. The van der Waals surface area contributed by atoms with E-state index in [2.05, 4.69) is 9.97 Å². The van der Waals surface area contributed by atoms with Gasteiger partial charge in [-0.05, 0) is 31.5 Å². The molecule has 0 unspecified atom stereocenters. The highest BCUT2D eigenvalue weighted by Crippen LogP contribution is 2.30. The van der Waals surface area contributed by atoms with Gasteiger partial charge in [0.15, 0.2) is 5.82 Å². The largest absolute Gasteiger partial charge is 0.437 e.